The van der Waals surface area contributed by atoms with Gasteiger partial charge in [0.05, 0.1) is 0 Å². The molecule has 4 nitrogen and oxygen atoms in total. The van der Waals surface area contributed by atoms with Gasteiger partial charge in [0.2, 0.25) is 0 Å². The molecule has 0 fully saturated rings. The quantitative estimate of drug-likeness (QED) is 0.813. The Morgan fingerprint density at radius 2 is 2.17 bits per heavy atom. The highest BCUT2D eigenvalue weighted by Crippen LogP contribution is 2.10. The number of aromatic nitrogens is 2. The molecule has 1 heterocycles. The monoisotopic (exact) mass is 244 g/mol. The van der Waals surface area contributed by atoms with Gasteiger partial charge in [0.15, 0.2) is 0 Å². The molecule has 2 N–H and O–H groups in total. The van der Waals surface area contributed by atoms with Gasteiger partial charge in [-0.25, -0.2) is 4.98 Å². The average molecular weight is 244 g/mol. The summed E-state index contributed by atoms with van der Waals surface area (Å²) >= 11 is 0. The molecule has 0 spiro atoms. The van der Waals surface area contributed by atoms with Gasteiger partial charge >= 0.3 is 0 Å². The van der Waals surface area contributed by atoms with Crippen molar-refractivity contribution in [3.8, 4) is 0 Å². The number of nitrogens with two attached hydrogens (primary N) is 1. The summed E-state index contributed by atoms with van der Waals surface area (Å²) in [6, 6.07) is 7.99. The van der Waals surface area contributed by atoms with Crippen molar-refractivity contribution in [1.82, 2.24) is 14.5 Å². The average Bonchev–Trinajstić information content (AvgIpc) is 2.74. The second kappa shape index (κ2) is 5.69. The molecule has 0 aliphatic heterocycles. The molecule has 0 aliphatic rings. The Morgan fingerprint density at radius 1 is 1.33 bits per heavy atom. The van der Waals surface area contributed by atoms with Crippen LogP contribution in [0.25, 0.3) is 0 Å². The van der Waals surface area contributed by atoms with E-state index in [2.05, 4.69) is 34.6 Å². The van der Waals surface area contributed by atoms with Gasteiger partial charge in [-0.1, -0.05) is 12.1 Å². The molecule has 0 aliphatic carbocycles. The summed E-state index contributed by atoms with van der Waals surface area (Å²) < 4.78 is 2.18. The minimum Gasteiger partial charge on any atom is -0.399 e. The first-order valence-corrected chi connectivity index (χ1v) is 6.14. The molecule has 4 heteroatoms. The van der Waals surface area contributed by atoms with E-state index in [-0.39, 0.29) is 0 Å². The molecule has 1 aromatic heterocycles. The van der Waals surface area contributed by atoms with Crippen LogP contribution in [0.4, 0.5) is 5.69 Å². The molecule has 0 saturated heterocycles. The number of benzene rings is 1. The van der Waals surface area contributed by atoms with E-state index in [4.69, 9.17) is 5.73 Å². The van der Waals surface area contributed by atoms with Crippen molar-refractivity contribution >= 4 is 5.69 Å². The number of anilines is 1. The number of likely N-dealkylation sites (N-methyl/N-ethyl adjacent to an activating group) is 1. The third kappa shape index (κ3) is 3.34. The van der Waals surface area contributed by atoms with Crippen LogP contribution in [-0.2, 0) is 13.0 Å². The minimum atomic E-state index is 0.808. The predicted molar refractivity (Wildman–Crippen MR) is 74.4 cm³/mol. The van der Waals surface area contributed by atoms with Gasteiger partial charge in [-0.2, -0.15) is 0 Å². The van der Waals surface area contributed by atoms with Gasteiger partial charge in [0.1, 0.15) is 5.82 Å². The van der Waals surface area contributed by atoms with E-state index < -0.39 is 0 Å². The first-order chi connectivity index (χ1) is 8.65. The topological polar surface area (TPSA) is 47.1 Å². The molecular formula is C14H20N4. The van der Waals surface area contributed by atoms with Gasteiger partial charge in [0.25, 0.3) is 0 Å². The van der Waals surface area contributed by atoms with E-state index in [0.29, 0.717) is 0 Å². The third-order valence-electron chi connectivity index (χ3n) is 2.89. The SMILES string of the molecule is CN(C)CCc1nccn1Cc1cccc(N)c1. The first-order valence-electron chi connectivity index (χ1n) is 6.14. The zero-order chi connectivity index (χ0) is 13.0. The summed E-state index contributed by atoms with van der Waals surface area (Å²) in [6.45, 7) is 1.84. The standard InChI is InChI=1S/C14H20N4/c1-17(2)8-6-14-16-7-9-18(14)11-12-4-3-5-13(15)10-12/h3-5,7,9-10H,6,8,11,15H2,1-2H3. The summed E-state index contributed by atoms with van der Waals surface area (Å²) in [7, 11) is 4.15. The minimum absolute atomic E-state index is 0.808. The maximum Gasteiger partial charge on any atom is 0.110 e. The second-order valence-electron chi connectivity index (χ2n) is 4.77. The Morgan fingerprint density at radius 3 is 2.89 bits per heavy atom. The number of hydrogen-bond donors (Lipinski definition) is 1. The van der Waals surface area contributed by atoms with E-state index in [0.717, 1.165) is 31.0 Å². The molecule has 2 aromatic rings. The molecule has 0 bridgehead atoms. The molecule has 0 atom stereocenters. The maximum absolute atomic E-state index is 5.79. The fourth-order valence-corrected chi connectivity index (χ4v) is 1.92. The van der Waals surface area contributed by atoms with E-state index in [1.54, 1.807) is 0 Å². The van der Waals surface area contributed by atoms with Gasteiger partial charge in [0, 0.05) is 37.6 Å². The number of imidazole rings is 1. The van der Waals surface area contributed by atoms with E-state index in [1.165, 1.54) is 5.56 Å². The lowest BCUT2D eigenvalue weighted by molar-refractivity contribution is 0.406. The lowest BCUT2D eigenvalue weighted by Crippen LogP contribution is -2.17. The summed E-state index contributed by atoms with van der Waals surface area (Å²) in [5, 5.41) is 0. The highest BCUT2D eigenvalue weighted by Gasteiger charge is 2.04. The summed E-state index contributed by atoms with van der Waals surface area (Å²) in [5.41, 5.74) is 7.81. The van der Waals surface area contributed by atoms with Crippen LogP contribution in [-0.4, -0.2) is 35.1 Å². The lowest BCUT2D eigenvalue weighted by atomic mass is 10.2. The van der Waals surface area contributed by atoms with Crippen LogP contribution < -0.4 is 5.73 Å². The predicted octanol–water partition coefficient (Wildman–Crippen LogP) is 1.62. The highest BCUT2D eigenvalue weighted by molar-refractivity contribution is 5.40. The fourth-order valence-electron chi connectivity index (χ4n) is 1.92. The second-order valence-corrected chi connectivity index (χ2v) is 4.77. The van der Waals surface area contributed by atoms with Crippen LogP contribution in [0.5, 0.6) is 0 Å². The molecule has 96 valence electrons. The van der Waals surface area contributed by atoms with Gasteiger partial charge in [-0.3, -0.25) is 0 Å². The number of rotatable bonds is 5. The molecule has 2 rings (SSSR count). The molecular weight excluding hydrogens is 224 g/mol. The Bertz CT molecular complexity index is 502. The van der Waals surface area contributed by atoms with E-state index in [9.17, 15) is 0 Å². The van der Waals surface area contributed by atoms with Gasteiger partial charge < -0.3 is 15.2 Å². The van der Waals surface area contributed by atoms with Crippen molar-refractivity contribution in [2.24, 2.45) is 0 Å². The van der Waals surface area contributed by atoms with Crippen molar-refractivity contribution in [3.63, 3.8) is 0 Å². The Kier molecular flexibility index (Phi) is 3.99. The molecule has 0 amide bonds. The maximum atomic E-state index is 5.79. The van der Waals surface area contributed by atoms with Crippen molar-refractivity contribution in [2.75, 3.05) is 26.4 Å². The van der Waals surface area contributed by atoms with Crippen molar-refractivity contribution in [1.29, 1.82) is 0 Å². The zero-order valence-electron chi connectivity index (χ0n) is 11.0. The number of hydrogen-bond acceptors (Lipinski definition) is 3. The van der Waals surface area contributed by atoms with Crippen LogP contribution in [0.3, 0.4) is 0 Å². The lowest BCUT2D eigenvalue weighted by Gasteiger charge is -2.11. The normalized spacial score (nSPS) is 11.1. The van der Waals surface area contributed by atoms with Gasteiger partial charge in [-0.05, 0) is 31.8 Å². The van der Waals surface area contributed by atoms with E-state index >= 15 is 0 Å². The van der Waals surface area contributed by atoms with Crippen LogP contribution in [0.2, 0.25) is 0 Å². The van der Waals surface area contributed by atoms with Crippen molar-refractivity contribution < 1.29 is 0 Å². The largest absolute Gasteiger partial charge is 0.399 e. The number of nitrogens with zero attached hydrogens (tertiary/aromatic N) is 3. The Balaban J connectivity index is 2.07. The number of nitrogen functional groups attached to an aromatic ring is 1. The van der Waals surface area contributed by atoms with E-state index in [1.807, 2.05) is 30.6 Å². The first kappa shape index (κ1) is 12.6. The van der Waals surface area contributed by atoms with Crippen LogP contribution in [0.1, 0.15) is 11.4 Å². The molecule has 1 aromatic carbocycles. The third-order valence-corrected chi connectivity index (χ3v) is 2.89. The van der Waals surface area contributed by atoms with Crippen LogP contribution >= 0.6 is 0 Å². The Labute approximate surface area is 108 Å². The smallest absolute Gasteiger partial charge is 0.110 e. The van der Waals surface area contributed by atoms with Crippen molar-refractivity contribution in [2.45, 2.75) is 13.0 Å². The summed E-state index contributed by atoms with van der Waals surface area (Å²) in [4.78, 5) is 6.58. The van der Waals surface area contributed by atoms with Gasteiger partial charge in [-0.15, -0.1) is 0 Å². The molecule has 18 heavy (non-hydrogen) atoms. The van der Waals surface area contributed by atoms with Crippen LogP contribution in [0.15, 0.2) is 36.7 Å². The Hall–Kier alpha value is -1.81. The molecule has 0 saturated carbocycles. The molecule has 0 unspecified atom stereocenters. The summed E-state index contributed by atoms with van der Waals surface area (Å²) in [5.74, 6) is 1.12. The highest BCUT2D eigenvalue weighted by atomic mass is 15.1. The summed E-state index contributed by atoms with van der Waals surface area (Å²) in [6.07, 6.45) is 4.84. The van der Waals surface area contributed by atoms with Crippen LogP contribution in [0, 0.1) is 0 Å². The molecule has 0 radical (unpaired) electrons. The zero-order valence-corrected chi connectivity index (χ0v) is 11.0. The van der Waals surface area contributed by atoms with Crippen molar-refractivity contribution in [3.05, 3.63) is 48.0 Å². The fraction of sp³-hybridized carbons (Fsp3) is 0.357.